The Labute approximate surface area is 94.8 Å². The molecule has 90 valence electrons. The first-order chi connectivity index (χ1) is 7.24. The highest BCUT2D eigenvalue weighted by atomic mass is 16.5. The van der Waals surface area contributed by atoms with Gasteiger partial charge in [-0.05, 0) is 45.1 Å². The van der Waals surface area contributed by atoms with Crippen LogP contribution in [-0.4, -0.2) is 25.3 Å². The van der Waals surface area contributed by atoms with E-state index < -0.39 is 0 Å². The zero-order valence-corrected chi connectivity index (χ0v) is 10.6. The number of hydrogen-bond donors (Lipinski definition) is 1. The average Bonchev–Trinajstić information content (AvgIpc) is 2.71. The molecule has 1 heterocycles. The third-order valence-electron chi connectivity index (χ3n) is 3.59. The van der Waals surface area contributed by atoms with Crippen LogP contribution in [0.1, 0.15) is 52.9 Å². The molecule has 15 heavy (non-hydrogen) atoms. The topological polar surface area (TPSA) is 21.3 Å². The Kier molecular flexibility index (Phi) is 6.26. The molecule has 0 amide bonds. The van der Waals surface area contributed by atoms with Crippen molar-refractivity contribution < 1.29 is 4.74 Å². The molecule has 2 nitrogen and oxygen atoms in total. The maximum absolute atomic E-state index is 5.63. The lowest BCUT2D eigenvalue weighted by Crippen LogP contribution is -2.31. The average molecular weight is 213 g/mol. The minimum Gasteiger partial charge on any atom is -0.378 e. The van der Waals surface area contributed by atoms with Gasteiger partial charge in [0.15, 0.2) is 0 Å². The lowest BCUT2D eigenvalue weighted by Gasteiger charge is -2.21. The normalized spacial score (nSPS) is 25.4. The molecule has 3 unspecified atom stereocenters. The molecule has 1 aliphatic rings. The van der Waals surface area contributed by atoms with E-state index in [1.54, 1.807) is 0 Å². The lowest BCUT2D eigenvalue weighted by atomic mass is 9.95. The Morgan fingerprint density at radius 2 is 2.20 bits per heavy atom. The first-order valence-electron chi connectivity index (χ1n) is 6.59. The van der Waals surface area contributed by atoms with Gasteiger partial charge in [-0.3, -0.25) is 0 Å². The maximum atomic E-state index is 5.63. The third kappa shape index (κ3) is 4.98. The van der Waals surface area contributed by atoms with Gasteiger partial charge in [-0.2, -0.15) is 0 Å². The van der Waals surface area contributed by atoms with Crippen molar-refractivity contribution in [2.45, 2.75) is 65.0 Å². The first-order valence-corrected chi connectivity index (χ1v) is 6.59. The molecule has 0 spiro atoms. The van der Waals surface area contributed by atoms with Gasteiger partial charge in [0.1, 0.15) is 0 Å². The van der Waals surface area contributed by atoms with E-state index in [-0.39, 0.29) is 0 Å². The molecule has 1 saturated heterocycles. The van der Waals surface area contributed by atoms with Crippen molar-refractivity contribution in [3.63, 3.8) is 0 Å². The SMILES string of the molecule is CCNC(C)C(C)CCCC1CCCO1. The van der Waals surface area contributed by atoms with Gasteiger partial charge in [0, 0.05) is 12.6 Å². The van der Waals surface area contributed by atoms with Crippen molar-refractivity contribution in [1.29, 1.82) is 0 Å². The second kappa shape index (κ2) is 7.24. The predicted molar refractivity (Wildman–Crippen MR) is 65.1 cm³/mol. The van der Waals surface area contributed by atoms with E-state index in [0.717, 1.165) is 19.1 Å². The van der Waals surface area contributed by atoms with Gasteiger partial charge in [0.05, 0.1) is 6.10 Å². The van der Waals surface area contributed by atoms with Gasteiger partial charge in [0.2, 0.25) is 0 Å². The highest BCUT2D eigenvalue weighted by molar-refractivity contribution is 4.70. The summed E-state index contributed by atoms with van der Waals surface area (Å²) < 4.78 is 5.63. The van der Waals surface area contributed by atoms with Gasteiger partial charge < -0.3 is 10.1 Å². The smallest absolute Gasteiger partial charge is 0.0576 e. The molecule has 1 N–H and O–H groups in total. The van der Waals surface area contributed by atoms with E-state index in [2.05, 4.69) is 26.1 Å². The van der Waals surface area contributed by atoms with E-state index in [4.69, 9.17) is 4.74 Å². The molecule has 0 aromatic heterocycles. The summed E-state index contributed by atoms with van der Waals surface area (Å²) >= 11 is 0. The predicted octanol–water partition coefficient (Wildman–Crippen LogP) is 2.97. The summed E-state index contributed by atoms with van der Waals surface area (Å²) in [6.07, 6.45) is 7.05. The van der Waals surface area contributed by atoms with Crippen LogP contribution < -0.4 is 5.32 Å². The Balaban J connectivity index is 2.02. The van der Waals surface area contributed by atoms with Crippen molar-refractivity contribution in [2.75, 3.05) is 13.2 Å². The Bertz CT molecular complexity index is 155. The molecule has 0 aromatic carbocycles. The van der Waals surface area contributed by atoms with Crippen LogP contribution in [0.2, 0.25) is 0 Å². The van der Waals surface area contributed by atoms with E-state index in [1.165, 1.54) is 32.1 Å². The maximum Gasteiger partial charge on any atom is 0.0576 e. The van der Waals surface area contributed by atoms with Crippen molar-refractivity contribution in [2.24, 2.45) is 5.92 Å². The molecule has 1 rings (SSSR count). The number of nitrogens with one attached hydrogen (secondary N) is 1. The summed E-state index contributed by atoms with van der Waals surface area (Å²) in [6.45, 7) is 8.89. The van der Waals surface area contributed by atoms with Crippen LogP contribution >= 0.6 is 0 Å². The van der Waals surface area contributed by atoms with Gasteiger partial charge in [-0.25, -0.2) is 0 Å². The van der Waals surface area contributed by atoms with Crippen molar-refractivity contribution in [3.8, 4) is 0 Å². The fraction of sp³-hybridized carbons (Fsp3) is 1.00. The lowest BCUT2D eigenvalue weighted by molar-refractivity contribution is 0.100. The molecule has 0 saturated carbocycles. The summed E-state index contributed by atoms with van der Waals surface area (Å²) in [5, 5.41) is 3.49. The van der Waals surface area contributed by atoms with E-state index >= 15 is 0 Å². The molecule has 0 aromatic rings. The van der Waals surface area contributed by atoms with E-state index in [1.807, 2.05) is 0 Å². The van der Waals surface area contributed by atoms with Crippen LogP contribution in [0.3, 0.4) is 0 Å². The number of rotatable bonds is 7. The van der Waals surface area contributed by atoms with Crippen LogP contribution in [0.15, 0.2) is 0 Å². The van der Waals surface area contributed by atoms with Crippen molar-refractivity contribution >= 4 is 0 Å². The molecule has 1 fully saturated rings. The highest BCUT2D eigenvalue weighted by Crippen LogP contribution is 2.20. The van der Waals surface area contributed by atoms with Crippen molar-refractivity contribution in [3.05, 3.63) is 0 Å². The second-order valence-electron chi connectivity index (χ2n) is 4.89. The summed E-state index contributed by atoms with van der Waals surface area (Å²) in [5.74, 6) is 0.784. The third-order valence-corrected chi connectivity index (χ3v) is 3.59. The highest BCUT2D eigenvalue weighted by Gasteiger charge is 2.16. The number of ether oxygens (including phenoxy) is 1. The van der Waals surface area contributed by atoms with Gasteiger partial charge in [-0.1, -0.05) is 20.3 Å². The van der Waals surface area contributed by atoms with Gasteiger partial charge in [0.25, 0.3) is 0 Å². The van der Waals surface area contributed by atoms with Crippen LogP contribution in [0, 0.1) is 5.92 Å². The zero-order chi connectivity index (χ0) is 11.1. The molecule has 0 aliphatic carbocycles. The minimum absolute atomic E-state index is 0.576. The fourth-order valence-electron chi connectivity index (χ4n) is 2.31. The van der Waals surface area contributed by atoms with Crippen molar-refractivity contribution in [1.82, 2.24) is 5.32 Å². The van der Waals surface area contributed by atoms with E-state index in [0.29, 0.717) is 12.1 Å². The summed E-state index contributed by atoms with van der Waals surface area (Å²) in [7, 11) is 0. The monoisotopic (exact) mass is 213 g/mol. The van der Waals surface area contributed by atoms with E-state index in [9.17, 15) is 0 Å². The van der Waals surface area contributed by atoms with Gasteiger partial charge in [-0.15, -0.1) is 0 Å². The largest absolute Gasteiger partial charge is 0.378 e. The molecule has 0 radical (unpaired) electrons. The first kappa shape index (κ1) is 13.0. The number of hydrogen-bond acceptors (Lipinski definition) is 2. The Hall–Kier alpha value is -0.0800. The van der Waals surface area contributed by atoms with Crippen LogP contribution in [0.5, 0.6) is 0 Å². The quantitative estimate of drug-likeness (QED) is 0.702. The summed E-state index contributed by atoms with van der Waals surface area (Å²) in [6, 6.07) is 0.652. The van der Waals surface area contributed by atoms with Gasteiger partial charge >= 0.3 is 0 Å². The standard InChI is InChI=1S/C13H27NO/c1-4-14-12(3)11(2)7-5-8-13-9-6-10-15-13/h11-14H,4-10H2,1-3H3. The minimum atomic E-state index is 0.576. The Morgan fingerprint density at radius 3 is 2.80 bits per heavy atom. The molecule has 1 aliphatic heterocycles. The molecule has 2 heteroatoms. The molecule has 0 bridgehead atoms. The van der Waals surface area contributed by atoms with Crippen LogP contribution in [-0.2, 0) is 4.74 Å². The summed E-state index contributed by atoms with van der Waals surface area (Å²) in [4.78, 5) is 0. The molecule has 3 atom stereocenters. The van der Waals surface area contributed by atoms with Crippen LogP contribution in [0.4, 0.5) is 0 Å². The summed E-state index contributed by atoms with van der Waals surface area (Å²) in [5.41, 5.74) is 0. The fourth-order valence-corrected chi connectivity index (χ4v) is 2.31. The Morgan fingerprint density at radius 1 is 1.40 bits per heavy atom. The molecular formula is C13H27NO. The zero-order valence-electron chi connectivity index (χ0n) is 10.6. The molecular weight excluding hydrogens is 186 g/mol. The second-order valence-corrected chi connectivity index (χ2v) is 4.89. The van der Waals surface area contributed by atoms with Crippen LogP contribution in [0.25, 0.3) is 0 Å².